The summed E-state index contributed by atoms with van der Waals surface area (Å²) in [5, 5.41) is 12.5. The molecule has 0 fully saturated rings. The van der Waals surface area contributed by atoms with E-state index in [0.717, 1.165) is 66.6 Å². The number of hydrogen-bond acceptors (Lipinski definition) is 2. The molecule has 0 saturated heterocycles. The van der Waals surface area contributed by atoms with Crippen LogP contribution in [0.15, 0.2) is 118 Å². The van der Waals surface area contributed by atoms with Crippen molar-refractivity contribution in [2.24, 2.45) is 5.92 Å². The van der Waals surface area contributed by atoms with E-state index < -0.39 is 5.60 Å². The molecule has 7 rings (SSSR count). The molecule has 3 nitrogen and oxygen atoms in total. The highest BCUT2D eigenvalue weighted by Crippen LogP contribution is 2.55. The first-order valence-corrected chi connectivity index (χ1v) is 15.4. The van der Waals surface area contributed by atoms with Gasteiger partial charge in [-0.05, 0) is 76.0 Å². The van der Waals surface area contributed by atoms with Crippen molar-refractivity contribution >= 4 is 48.5 Å². The Hall–Kier alpha value is -3.25. The molecule has 2 unspecified atom stereocenters. The lowest BCUT2D eigenvalue weighted by Gasteiger charge is -2.32. The van der Waals surface area contributed by atoms with Gasteiger partial charge in [0.2, 0.25) is 0 Å². The summed E-state index contributed by atoms with van der Waals surface area (Å²) in [5.74, 6) is 0.853. The van der Waals surface area contributed by atoms with Gasteiger partial charge >= 0.3 is 0 Å². The van der Waals surface area contributed by atoms with Crippen LogP contribution in [0.25, 0.3) is 33.7 Å². The lowest BCUT2D eigenvalue weighted by molar-refractivity contribution is 0.0450. The van der Waals surface area contributed by atoms with Crippen molar-refractivity contribution in [1.29, 1.82) is 0 Å². The van der Waals surface area contributed by atoms with Crippen molar-refractivity contribution in [2.45, 2.75) is 32.3 Å². The van der Waals surface area contributed by atoms with E-state index in [9.17, 15) is 5.11 Å². The monoisotopic (exact) mass is 652 g/mol. The van der Waals surface area contributed by atoms with Crippen molar-refractivity contribution in [3.8, 4) is 17.1 Å². The summed E-state index contributed by atoms with van der Waals surface area (Å²) in [6.45, 7) is 4.00. The number of benzene rings is 4. The van der Waals surface area contributed by atoms with E-state index in [1.165, 1.54) is 5.57 Å². The normalized spacial score (nSPS) is 19.6. The molecule has 0 spiro atoms. The van der Waals surface area contributed by atoms with Crippen molar-refractivity contribution in [3.63, 3.8) is 0 Å². The largest absolute Gasteiger partial charge is 0.380 e. The number of fused-ring (bicyclic) bond motifs is 4. The van der Waals surface area contributed by atoms with Crippen molar-refractivity contribution < 1.29 is 5.11 Å². The van der Waals surface area contributed by atoms with Crippen LogP contribution in [0.5, 0.6) is 0 Å². The molecule has 200 valence electrons. The molecule has 2 aliphatic carbocycles. The third-order valence-corrected chi connectivity index (χ3v) is 9.01. The van der Waals surface area contributed by atoms with E-state index in [-0.39, 0.29) is 5.92 Å². The second-order valence-electron chi connectivity index (χ2n) is 9.96. The molecule has 2 atom stereocenters. The Balaban J connectivity index is 0.00000142. The second kappa shape index (κ2) is 11.0. The summed E-state index contributed by atoms with van der Waals surface area (Å²) in [5.41, 5.74) is 7.15. The Bertz CT molecular complexity index is 1750. The third kappa shape index (κ3) is 4.41. The Morgan fingerprint density at radius 1 is 0.850 bits per heavy atom. The average molecular weight is 654 g/mol. The van der Waals surface area contributed by atoms with Gasteiger partial charge in [-0.2, -0.15) is 0 Å². The highest BCUT2D eigenvalue weighted by Gasteiger charge is 2.49. The fourth-order valence-corrected chi connectivity index (χ4v) is 6.81. The number of aromatic nitrogens is 2. The minimum atomic E-state index is -1.12. The first kappa shape index (κ1) is 26.9. The lowest BCUT2D eigenvalue weighted by atomic mass is 9.77. The topological polar surface area (TPSA) is 38.1 Å². The zero-order chi connectivity index (χ0) is 27.9. The maximum absolute atomic E-state index is 12.5. The standard InChI is InChI=1S/C33H24Br2N2O.C2H6/c34-23-14-17-26-27-18-15-24(35)20-29(27)33(38,28(26)19-16-23)22-12-10-21(11-13-22)32-36-30-8-4-5-9-31(30)37(32)25-6-2-1-3-7-25;1-2/h1-15,17-18,20,28,38H,16,19H2;1-2H3. The van der Waals surface area contributed by atoms with Crippen LogP contribution >= 0.6 is 31.9 Å². The Kier molecular flexibility index (Phi) is 7.39. The first-order valence-electron chi connectivity index (χ1n) is 13.8. The summed E-state index contributed by atoms with van der Waals surface area (Å²) in [7, 11) is 0. The highest BCUT2D eigenvalue weighted by molar-refractivity contribution is 9.11. The number of para-hydroxylation sites is 3. The predicted octanol–water partition coefficient (Wildman–Crippen LogP) is 9.80. The van der Waals surface area contributed by atoms with Gasteiger partial charge in [0.1, 0.15) is 11.4 Å². The first-order chi connectivity index (χ1) is 19.5. The van der Waals surface area contributed by atoms with Crippen LogP contribution in [0.2, 0.25) is 0 Å². The lowest BCUT2D eigenvalue weighted by Crippen LogP contribution is -2.32. The van der Waals surface area contributed by atoms with Gasteiger partial charge in [0, 0.05) is 21.6 Å². The van der Waals surface area contributed by atoms with E-state index in [0.29, 0.717) is 0 Å². The minimum absolute atomic E-state index is 0.0298. The van der Waals surface area contributed by atoms with E-state index in [2.05, 4.69) is 115 Å². The summed E-state index contributed by atoms with van der Waals surface area (Å²) in [6, 6.07) is 33.2. The molecule has 1 heterocycles. The molecule has 5 aromatic rings. The van der Waals surface area contributed by atoms with Gasteiger partial charge in [0.05, 0.1) is 11.0 Å². The molecule has 5 heteroatoms. The zero-order valence-corrected chi connectivity index (χ0v) is 25.7. The summed E-state index contributed by atoms with van der Waals surface area (Å²) in [4.78, 5) is 5.01. The van der Waals surface area contributed by atoms with Crippen molar-refractivity contribution in [1.82, 2.24) is 9.55 Å². The third-order valence-electron chi connectivity index (χ3n) is 7.86. The average Bonchev–Trinajstić information content (AvgIpc) is 3.41. The molecule has 1 N–H and O–H groups in total. The summed E-state index contributed by atoms with van der Waals surface area (Å²) < 4.78 is 4.34. The summed E-state index contributed by atoms with van der Waals surface area (Å²) in [6.07, 6.45) is 6.05. The fourth-order valence-electron chi connectivity index (χ4n) is 6.09. The molecular formula is C35H30Br2N2O. The smallest absolute Gasteiger partial charge is 0.145 e. The minimum Gasteiger partial charge on any atom is -0.380 e. The number of nitrogens with zero attached hydrogens (tertiary/aromatic N) is 2. The van der Waals surface area contributed by atoms with Crippen LogP contribution in [-0.4, -0.2) is 14.7 Å². The van der Waals surface area contributed by atoms with Gasteiger partial charge in [0.25, 0.3) is 0 Å². The molecule has 0 aliphatic heterocycles. The quantitative estimate of drug-likeness (QED) is 0.210. The maximum atomic E-state index is 12.5. The maximum Gasteiger partial charge on any atom is 0.145 e. The van der Waals surface area contributed by atoms with Gasteiger partial charge in [-0.3, -0.25) is 4.57 Å². The van der Waals surface area contributed by atoms with Gasteiger partial charge in [-0.25, -0.2) is 4.98 Å². The molecule has 0 bridgehead atoms. The zero-order valence-electron chi connectivity index (χ0n) is 22.5. The van der Waals surface area contributed by atoms with E-state index >= 15 is 0 Å². The molecular weight excluding hydrogens is 624 g/mol. The highest BCUT2D eigenvalue weighted by atomic mass is 79.9. The molecule has 4 aromatic carbocycles. The molecule has 0 amide bonds. The van der Waals surface area contributed by atoms with Crippen molar-refractivity contribution in [3.05, 3.63) is 135 Å². The number of allylic oxidation sites excluding steroid dienone is 3. The Labute approximate surface area is 252 Å². The van der Waals surface area contributed by atoms with Gasteiger partial charge in [-0.15, -0.1) is 0 Å². The Morgan fingerprint density at radius 2 is 1.57 bits per heavy atom. The number of halogens is 2. The predicted molar refractivity (Wildman–Crippen MR) is 173 cm³/mol. The van der Waals surface area contributed by atoms with E-state index in [1.54, 1.807) is 0 Å². The van der Waals surface area contributed by atoms with Crippen LogP contribution in [0.1, 0.15) is 43.4 Å². The van der Waals surface area contributed by atoms with E-state index in [4.69, 9.17) is 4.98 Å². The molecule has 40 heavy (non-hydrogen) atoms. The summed E-state index contributed by atoms with van der Waals surface area (Å²) >= 11 is 7.33. The number of aliphatic hydroxyl groups is 1. The van der Waals surface area contributed by atoms with Gasteiger partial charge < -0.3 is 5.11 Å². The molecule has 0 radical (unpaired) electrons. The van der Waals surface area contributed by atoms with Crippen LogP contribution in [0, 0.1) is 5.92 Å². The molecule has 2 aliphatic rings. The van der Waals surface area contributed by atoms with Crippen LogP contribution < -0.4 is 0 Å². The van der Waals surface area contributed by atoms with Crippen molar-refractivity contribution in [2.75, 3.05) is 0 Å². The SMILES string of the molecule is CC.OC1(c2ccc(-c3nc4ccccc4n3-c3ccccc3)cc2)c2cc(Br)ccc2C2=CC=C(Br)CCC21. The second-order valence-corrected chi connectivity index (χ2v) is 11.9. The molecule has 0 saturated carbocycles. The van der Waals surface area contributed by atoms with Gasteiger partial charge in [-0.1, -0.05) is 119 Å². The van der Waals surface area contributed by atoms with E-state index in [1.807, 2.05) is 44.2 Å². The number of rotatable bonds is 3. The van der Waals surface area contributed by atoms with Gasteiger partial charge in [0.15, 0.2) is 0 Å². The van der Waals surface area contributed by atoms with Crippen LogP contribution in [0.4, 0.5) is 0 Å². The van der Waals surface area contributed by atoms with Crippen LogP contribution in [-0.2, 0) is 5.60 Å². The number of hydrogen-bond donors (Lipinski definition) is 1. The molecule has 1 aromatic heterocycles. The Morgan fingerprint density at radius 3 is 2.35 bits per heavy atom. The fraction of sp³-hybridized carbons (Fsp3) is 0.171. The van der Waals surface area contributed by atoms with Crippen LogP contribution in [0.3, 0.4) is 0 Å². The number of imidazole rings is 1.